The van der Waals surface area contributed by atoms with E-state index in [0.717, 1.165) is 13.0 Å². The minimum absolute atomic E-state index is 0.0924. The van der Waals surface area contributed by atoms with E-state index >= 15 is 0 Å². The highest BCUT2D eigenvalue weighted by Crippen LogP contribution is 2.23. The first-order valence-corrected chi connectivity index (χ1v) is 7.07. The highest BCUT2D eigenvalue weighted by molar-refractivity contribution is 6.31. The summed E-state index contributed by atoms with van der Waals surface area (Å²) in [6.45, 7) is 1.98. The van der Waals surface area contributed by atoms with Crippen molar-refractivity contribution in [1.82, 2.24) is 0 Å². The van der Waals surface area contributed by atoms with Gasteiger partial charge in [-0.05, 0) is 31.0 Å². The van der Waals surface area contributed by atoms with E-state index in [4.69, 9.17) is 26.8 Å². The lowest BCUT2D eigenvalue weighted by Gasteiger charge is -2.10. The fraction of sp³-hybridized carbons (Fsp3) is 0.500. The maximum absolute atomic E-state index is 11.8. The molecule has 1 heterocycles. The normalized spacial score (nSPS) is 18.1. The Kier molecular flexibility index (Phi) is 5.64. The standard InChI is InChI=1S/C14H19ClN2O3/c15-10-3-4-12(16)13(8-10)17-14(18)2-1-6-20-11-5-7-19-9-11/h3-4,8,11H,1-2,5-7,9,16H2,(H,17,18). The number of hydrogen-bond donors (Lipinski definition) is 2. The van der Waals surface area contributed by atoms with E-state index in [-0.39, 0.29) is 12.0 Å². The van der Waals surface area contributed by atoms with Gasteiger partial charge in [0.2, 0.25) is 5.91 Å². The molecule has 0 aliphatic carbocycles. The second-order valence-corrected chi connectivity index (χ2v) is 5.18. The summed E-state index contributed by atoms with van der Waals surface area (Å²) in [5.74, 6) is -0.0924. The Morgan fingerprint density at radius 1 is 1.55 bits per heavy atom. The largest absolute Gasteiger partial charge is 0.397 e. The number of halogens is 1. The second kappa shape index (κ2) is 7.47. The maximum Gasteiger partial charge on any atom is 0.224 e. The zero-order valence-electron chi connectivity index (χ0n) is 11.2. The number of benzene rings is 1. The van der Waals surface area contributed by atoms with Crippen molar-refractivity contribution in [3.05, 3.63) is 23.2 Å². The summed E-state index contributed by atoms with van der Waals surface area (Å²) in [6.07, 6.45) is 2.18. The van der Waals surface area contributed by atoms with E-state index < -0.39 is 0 Å². The highest BCUT2D eigenvalue weighted by atomic mass is 35.5. The van der Waals surface area contributed by atoms with Crippen LogP contribution in [0.1, 0.15) is 19.3 Å². The molecule has 110 valence electrons. The number of carbonyl (C=O) groups is 1. The van der Waals surface area contributed by atoms with Crippen LogP contribution in [0, 0.1) is 0 Å². The molecule has 5 nitrogen and oxygen atoms in total. The van der Waals surface area contributed by atoms with E-state index in [1.54, 1.807) is 18.2 Å². The molecule has 1 saturated heterocycles. The molecule has 0 radical (unpaired) electrons. The van der Waals surface area contributed by atoms with Gasteiger partial charge in [-0.3, -0.25) is 4.79 Å². The Hall–Kier alpha value is -1.30. The number of nitrogen functional groups attached to an aromatic ring is 1. The Bertz CT molecular complexity index is 462. The van der Waals surface area contributed by atoms with Gasteiger partial charge < -0.3 is 20.5 Å². The van der Waals surface area contributed by atoms with E-state index in [9.17, 15) is 4.79 Å². The first kappa shape index (κ1) is 15.1. The number of anilines is 2. The van der Waals surface area contributed by atoms with E-state index in [0.29, 0.717) is 42.5 Å². The summed E-state index contributed by atoms with van der Waals surface area (Å²) in [6, 6.07) is 4.99. The second-order valence-electron chi connectivity index (χ2n) is 4.74. The molecular weight excluding hydrogens is 280 g/mol. The Balaban J connectivity index is 1.68. The zero-order valence-corrected chi connectivity index (χ0v) is 12.0. The maximum atomic E-state index is 11.8. The lowest BCUT2D eigenvalue weighted by Crippen LogP contribution is -2.16. The summed E-state index contributed by atoms with van der Waals surface area (Å²) >= 11 is 5.86. The smallest absolute Gasteiger partial charge is 0.224 e. The molecule has 1 aliphatic heterocycles. The minimum atomic E-state index is -0.0924. The van der Waals surface area contributed by atoms with Gasteiger partial charge in [0.1, 0.15) is 0 Å². The number of amides is 1. The van der Waals surface area contributed by atoms with Crippen molar-refractivity contribution in [1.29, 1.82) is 0 Å². The van der Waals surface area contributed by atoms with Crippen LogP contribution in [-0.2, 0) is 14.3 Å². The molecule has 1 atom stereocenters. The van der Waals surface area contributed by atoms with E-state index in [1.807, 2.05) is 0 Å². The number of hydrogen-bond acceptors (Lipinski definition) is 4. The zero-order chi connectivity index (χ0) is 14.4. The van der Waals surface area contributed by atoms with Crippen LogP contribution in [0.5, 0.6) is 0 Å². The first-order chi connectivity index (χ1) is 9.65. The van der Waals surface area contributed by atoms with Gasteiger partial charge in [0.05, 0.1) is 24.1 Å². The number of carbonyl (C=O) groups excluding carboxylic acids is 1. The summed E-state index contributed by atoms with van der Waals surface area (Å²) in [7, 11) is 0. The molecule has 0 spiro atoms. The van der Waals surface area contributed by atoms with Gasteiger partial charge in [0, 0.05) is 24.7 Å². The number of ether oxygens (including phenoxy) is 2. The van der Waals surface area contributed by atoms with Crippen molar-refractivity contribution < 1.29 is 14.3 Å². The summed E-state index contributed by atoms with van der Waals surface area (Å²) in [4.78, 5) is 11.8. The third-order valence-corrected chi connectivity index (χ3v) is 3.31. The average Bonchev–Trinajstić information content (AvgIpc) is 2.92. The van der Waals surface area contributed by atoms with Crippen LogP contribution in [0.2, 0.25) is 5.02 Å². The highest BCUT2D eigenvalue weighted by Gasteiger charge is 2.15. The Labute approximate surface area is 123 Å². The molecule has 20 heavy (non-hydrogen) atoms. The lowest BCUT2D eigenvalue weighted by atomic mass is 10.2. The Morgan fingerprint density at radius 3 is 3.15 bits per heavy atom. The molecule has 0 bridgehead atoms. The molecule has 1 aliphatic rings. The van der Waals surface area contributed by atoms with Crippen molar-refractivity contribution in [2.24, 2.45) is 0 Å². The molecule has 1 fully saturated rings. The SMILES string of the molecule is Nc1ccc(Cl)cc1NC(=O)CCCOC1CCOC1. The third-order valence-electron chi connectivity index (χ3n) is 3.08. The van der Waals surface area contributed by atoms with Gasteiger partial charge in [0.15, 0.2) is 0 Å². The molecule has 0 aromatic heterocycles. The van der Waals surface area contributed by atoms with E-state index in [2.05, 4.69) is 5.32 Å². The van der Waals surface area contributed by atoms with Crippen LogP contribution >= 0.6 is 11.6 Å². The van der Waals surface area contributed by atoms with Crippen LogP contribution < -0.4 is 11.1 Å². The molecule has 2 rings (SSSR count). The van der Waals surface area contributed by atoms with Gasteiger partial charge in [-0.1, -0.05) is 11.6 Å². The average molecular weight is 299 g/mol. The summed E-state index contributed by atoms with van der Waals surface area (Å²) in [5.41, 5.74) is 6.81. The van der Waals surface area contributed by atoms with Gasteiger partial charge in [-0.2, -0.15) is 0 Å². The van der Waals surface area contributed by atoms with Gasteiger partial charge in [-0.15, -0.1) is 0 Å². The lowest BCUT2D eigenvalue weighted by molar-refractivity contribution is -0.116. The van der Waals surface area contributed by atoms with Crippen LogP contribution in [0.15, 0.2) is 18.2 Å². The molecule has 3 N–H and O–H groups in total. The molecule has 6 heteroatoms. The monoisotopic (exact) mass is 298 g/mol. The summed E-state index contributed by atoms with van der Waals surface area (Å²) in [5, 5.41) is 3.29. The fourth-order valence-electron chi connectivity index (χ4n) is 1.98. The van der Waals surface area contributed by atoms with Crippen LogP contribution in [0.3, 0.4) is 0 Å². The predicted octanol–water partition coefficient (Wildman–Crippen LogP) is 2.45. The number of rotatable bonds is 6. The van der Waals surface area contributed by atoms with Gasteiger partial charge in [-0.25, -0.2) is 0 Å². The molecule has 1 amide bonds. The van der Waals surface area contributed by atoms with Crippen molar-refractivity contribution >= 4 is 28.9 Å². The molecule has 1 aromatic rings. The quantitative estimate of drug-likeness (QED) is 0.625. The predicted molar refractivity (Wildman–Crippen MR) is 78.9 cm³/mol. The third kappa shape index (κ3) is 4.67. The molecule has 1 aromatic carbocycles. The van der Waals surface area contributed by atoms with Gasteiger partial charge in [0.25, 0.3) is 0 Å². The number of nitrogens with one attached hydrogen (secondary N) is 1. The van der Waals surface area contributed by atoms with Crippen molar-refractivity contribution in [2.45, 2.75) is 25.4 Å². The topological polar surface area (TPSA) is 73.6 Å². The molecule has 0 saturated carbocycles. The Morgan fingerprint density at radius 2 is 2.40 bits per heavy atom. The summed E-state index contributed by atoms with van der Waals surface area (Å²) < 4.78 is 10.8. The number of nitrogens with two attached hydrogens (primary N) is 1. The van der Waals surface area contributed by atoms with Gasteiger partial charge >= 0.3 is 0 Å². The van der Waals surface area contributed by atoms with Crippen LogP contribution in [0.4, 0.5) is 11.4 Å². The first-order valence-electron chi connectivity index (χ1n) is 6.69. The fourth-order valence-corrected chi connectivity index (χ4v) is 2.15. The van der Waals surface area contributed by atoms with Crippen LogP contribution in [-0.4, -0.2) is 31.8 Å². The minimum Gasteiger partial charge on any atom is -0.397 e. The van der Waals surface area contributed by atoms with Crippen molar-refractivity contribution in [2.75, 3.05) is 30.9 Å². The molecular formula is C14H19ClN2O3. The van der Waals surface area contributed by atoms with E-state index in [1.165, 1.54) is 0 Å². The van der Waals surface area contributed by atoms with Crippen LogP contribution in [0.25, 0.3) is 0 Å². The van der Waals surface area contributed by atoms with Crippen molar-refractivity contribution in [3.8, 4) is 0 Å². The van der Waals surface area contributed by atoms with Crippen molar-refractivity contribution in [3.63, 3.8) is 0 Å². The molecule has 1 unspecified atom stereocenters.